The van der Waals surface area contributed by atoms with Gasteiger partial charge in [0.25, 0.3) is 0 Å². The second-order valence-corrected chi connectivity index (χ2v) is 6.34. The molecule has 1 fully saturated rings. The number of aromatic nitrogens is 4. The van der Waals surface area contributed by atoms with E-state index in [9.17, 15) is 0 Å². The minimum absolute atomic E-state index is 0.528. The number of hydrogen-bond acceptors (Lipinski definition) is 2. The molecule has 0 aromatic carbocycles. The maximum atomic E-state index is 5.97. The highest BCUT2D eigenvalue weighted by Crippen LogP contribution is 2.39. The molecule has 2 heterocycles. The van der Waals surface area contributed by atoms with Gasteiger partial charge in [-0.05, 0) is 25.7 Å². The quantitative estimate of drug-likeness (QED) is 0.763. The topological polar surface area (TPSA) is 35.6 Å². The molecule has 1 aliphatic carbocycles. The summed E-state index contributed by atoms with van der Waals surface area (Å²) in [5.74, 6) is 2.66. The van der Waals surface area contributed by atoms with E-state index in [0.717, 1.165) is 41.4 Å². The van der Waals surface area contributed by atoms with Gasteiger partial charge in [-0.25, -0.2) is 4.98 Å². The molecule has 2 aromatic rings. The average molecular weight is 295 g/mol. The molecule has 0 saturated heterocycles. The van der Waals surface area contributed by atoms with Gasteiger partial charge in [-0.2, -0.15) is 5.10 Å². The van der Waals surface area contributed by atoms with Crippen molar-refractivity contribution in [1.29, 1.82) is 0 Å². The van der Waals surface area contributed by atoms with Gasteiger partial charge in [0, 0.05) is 25.4 Å². The van der Waals surface area contributed by atoms with E-state index in [-0.39, 0.29) is 0 Å². The van der Waals surface area contributed by atoms with Crippen molar-refractivity contribution in [3.63, 3.8) is 0 Å². The standard InChI is InChI=1S/C15H23ClN4/c1-4-12(9-11-5-6-11)20-13(7-8-16)17-14-10(2)18-19(3)15(14)20/h11-12H,4-9H2,1-3H3. The van der Waals surface area contributed by atoms with Crippen molar-refractivity contribution in [2.45, 2.75) is 52.0 Å². The minimum atomic E-state index is 0.528. The van der Waals surface area contributed by atoms with Crippen LogP contribution in [0.2, 0.25) is 0 Å². The number of halogens is 1. The van der Waals surface area contributed by atoms with Gasteiger partial charge in [-0.3, -0.25) is 4.68 Å². The first kappa shape index (κ1) is 13.9. The van der Waals surface area contributed by atoms with E-state index in [4.69, 9.17) is 16.6 Å². The molecule has 0 spiro atoms. The Bertz CT molecular complexity index is 609. The lowest BCUT2D eigenvalue weighted by atomic mass is 10.1. The fourth-order valence-electron chi connectivity index (χ4n) is 3.18. The zero-order valence-electron chi connectivity index (χ0n) is 12.6. The highest BCUT2D eigenvalue weighted by Gasteiger charge is 2.29. The molecule has 4 nitrogen and oxygen atoms in total. The van der Waals surface area contributed by atoms with Crippen LogP contribution in [0, 0.1) is 12.8 Å². The van der Waals surface area contributed by atoms with Crippen molar-refractivity contribution >= 4 is 22.8 Å². The number of alkyl halides is 1. The largest absolute Gasteiger partial charge is 0.310 e. The third kappa shape index (κ3) is 2.34. The first-order valence-corrected chi connectivity index (χ1v) is 8.15. The van der Waals surface area contributed by atoms with Crippen LogP contribution in [0.1, 0.15) is 50.2 Å². The van der Waals surface area contributed by atoms with Gasteiger partial charge >= 0.3 is 0 Å². The number of aryl methyl sites for hydroxylation is 3. The van der Waals surface area contributed by atoms with Gasteiger partial charge in [0.2, 0.25) is 0 Å². The van der Waals surface area contributed by atoms with Gasteiger partial charge in [-0.1, -0.05) is 19.8 Å². The summed E-state index contributed by atoms with van der Waals surface area (Å²) in [5, 5.41) is 4.52. The summed E-state index contributed by atoms with van der Waals surface area (Å²) in [6.07, 6.45) is 6.02. The Morgan fingerprint density at radius 2 is 2.15 bits per heavy atom. The normalized spacial score (nSPS) is 17.0. The summed E-state index contributed by atoms with van der Waals surface area (Å²) in [4.78, 5) is 4.81. The van der Waals surface area contributed by atoms with Gasteiger partial charge in [0.15, 0.2) is 5.65 Å². The van der Waals surface area contributed by atoms with Crippen LogP contribution in [0.3, 0.4) is 0 Å². The zero-order chi connectivity index (χ0) is 14.3. The summed E-state index contributed by atoms with van der Waals surface area (Å²) in [7, 11) is 2.02. The van der Waals surface area contributed by atoms with E-state index in [1.54, 1.807) is 0 Å². The van der Waals surface area contributed by atoms with E-state index >= 15 is 0 Å². The number of hydrogen-bond donors (Lipinski definition) is 0. The molecule has 0 aliphatic heterocycles. The first-order valence-electron chi connectivity index (χ1n) is 7.62. The lowest BCUT2D eigenvalue weighted by Gasteiger charge is -2.20. The van der Waals surface area contributed by atoms with Crippen LogP contribution in [0.25, 0.3) is 11.2 Å². The van der Waals surface area contributed by atoms with E-state index in [2.05, 4.69) is 16.6 Å². The Kier molecular flexibility index (Phi) is 3.76. The van der Waals surface area contributed by atoms with Crippen LogP contribution in [0.15, 0.2) is 0 Å². The van der Waals surface area contributed by atoms with E-state index in [1.807, 2.05) is 18.7 Å². The van der Waals surface area contributed by atoms with E-state index < -0.39 is 0 Å². The molecule has 0 radical (unpaired) electrons. The van der Waals surface area contributed by atoms with Crippen molar-refractivity contribution in [1.82, 2.24) is 19.3 Å². The van der Waals surface area contributed by atoms with Crippen molar-refractivity contribution in [2.75, 3.05) is 5.88 Å². The number of nitrogens with zero attached hydrogens (tertiary/aromatic N) is 4. The highest BCUT2D eigenvalue weighted by molar-refractivity contribution is 6.17. The summed E-state index contributed by atoms with van der Waals surface area (Å²) in [5.41, 5.74) is 3.22. The molecule has 5 heteroatoms. The summed E-state index contributed by atoms with van der Waals surface area (Å²) in [6, 6.07) is 0.528. The lowest BCUT2D eigenvalue weighted by molar-refractivity contribution is 0.420. The molecule has 1 aliphatic rings. The number of rotatable bonds is 6. The third-order valence-electron chi connectivity index (χ3n) is 4.36. The van der Waals surface area contributed by atoms with Crippen LogP contribution < -0.4 is 0 Å². The van der Waals surface area contributed by atoms with Crippen molar-refractivity contribution < 1.29 is 0 Å². The highest BCUT2D eigenvalue weighted by atomic mass is 35.5. The SMILES string of the molecule is CCC(CC1CC1)n1c(CCCl)nc2c(C)nn(C)c21. The zero-order valence-corrected chi connectivity index (χ0v) is 13.3. The van der Waals surface area contributed by atoms with Gasteiger partial charge in [0.05, 0.1) is 5.69 Å². The Labute approximate surface area is 125 Å². The average Bonchev–Trinajstić information content (AvgIpc) is 3.09. The molecule has 1 unspecified atom stereocenters. The molecule has 20 heavy (non-hydrogen) atoms. The van der Waals surface area contributed by atoms with Crippen LogP contribution in [-0.2, 0) is 13.5 Å². The van der Waals surface area contributed by atoms with Crippen LogP contribution in [0.5, 0.6) is 0 Å². The van der Waals surface area contributed by atoms with Crippen molar-refractivity contribution in [2.24, 2.45) is 13.0 Å². The smallest absolute Gasteiger partial charge is 0.158 e. The monoisotopic (exact) mass is 294 g/mol. The Morgan fingerprint density at radius 3 is 2.75 bits per heavy atom. The van der Waals surface area contributed by atoms with Crippen LogP contribution in [0.4, 0.5) is 0 Å². The Balaban J connectivity index is 2.10. The van der Waals surface area contributed by atoms with Gasteiger partial charge in [0.1, 0.15) is 11.3 Å². The van der Waals surface area contributed by atoms with E-state index in [0.29, 0.717) is 11.9 Å². The fraction of sp³-hybridized carbons (Fsp3) is 0.733. The molecule has 1 atom stereocenters. The maximum absolute atomic E-state index is 5.97. The number of imidazole rings is 1. The second kappa shape index (κ2) is 5.40. The number of fused-ring (bicyclic) bond motifs is 1. The van der Waals surface area contributed by atoms with Crippen molar-refractivity contribution in [3.8, 4) is 0 Å². The summed E-state index contributed by atoms with van der Waals surface area (Å²) >= 11 is 5.97. The Hall–Kier alpha value is -1.03. The fourth-order valence-corrected chi connectivity index (χ4v) is 3.35. The molecule has 3 rings (SSSR count). The van der Waals surface area contributed by atoms with Crippen molar-refractivity contribution in [3.05, 3.63) is 11.5 Å². The van der Waals surface area contributed by atoms with Gasteiger partial charge in [-0.15, -0.1) is 11.6 Å². The first-order chi connectivity index (χ1) is 9.65. The maximum Gasteiger partial charge on any atom is 0.158 e. The van der Waals surface area contributed by atoms with Crippen LogP contribution in [-0.4, -0.2) is 25.2 Å². The molecule has 2 aromatic heterocycles. The Morgan fingerprint density at radius 1 is 1.40 bits per heavy atom. The molecule has 0 bridgehead atoms. The molecule has 110 valence electrons. The molecular weight excluding hydrogens is 272 g/mol. The molecular formula is C15H23ClN4. The van der Waals surface area contributed by atoms with E-state index in [1.165, 1.54) is 19.3 Å². The predicted molar refractivity (Wildman–Crippen MR) is 82.3 cm³/mol. The second-order valence-electron chi connectivity index (χ2n) is 5.96. The minimum Gasteiger partial charge on any atom is -0.310 e. The van der Waals surface area contributed by atoms with Gasteiger partial charge < -0.3 is 4.57 Å². The molecule has 0 amide bonds. The molecule has 0 N–H and O–H groups in total. The predicted octanol–water partition coefficient (Wildman–Crippen LogP) is 3.61. The third-order valence-corrected chi connectivity index (χ3v) is 4.55. The summed E-state index contributed by atoms with van der Waals surface area (Å²) in [6.45, 7) is 4.30. The summed E-state index contributed by atoms with van der Waals surface area (Å²) < 4.78 is 4.39. The van der Waals surface area contributed by atoms with Crippen LogP contribution >= 0.6 is 11.6 Å². The molecule has 1 saturated carbocycles. The lowest BCUT2D eigenvalue weighted by Crippen LogP contribution is -2.15.